The molecule has 1 aliphatic heterocycles. The molecule has 0 amide bonds. The topological polar surface area (TPSA) is 72.2 Å². The van der Waals surface area contributed by atoms with E-state index in [0.717, 1.165) is 32.1 Å². The van der Waals surface area contributed by atoms with Gasteiger partial charge >= 0.3 is 0 Å². The fraction of sp³-hybridized carbons (Fsp3) is 1.00. The van der Waals surface area contributed by atoms with Gasteiger partial charge in [-0.1, -0.05) is 6.42 Å². The monoisotopic (exact) mass is 218 g/mol. The fourth-order valence-corrected chi connectivity index (χ4v) is 4.57. The van der Waals surface area contributed by atoms with Crippen molar-refractivity contribution in [1.29, 1.82) is 0 Å². The van der Waals surface area contributed by atoms with Gasteiger partial charge in [0.1, 0.15) is 0 Å². The van der Waals surface area contributed by atoms with Gasteiger partial charge in [-0.3, -0.25) is 11.3 Å². The molecule has 2 unspecified atom stereocenters. The minimum Gasteiger partial charge on any atom is -0.271 e. The van der Waals surface area contributed by atoms with Gasteiger partial charge in [-0.25, -0.2) is 8.42 Å². The standard InChI is InChI=1S/C9H18N2O2S/c10-11-9(7-4-5-7)8-3-1-2-6-14(8,12)13/h7-9,11H,1-6,10H2. The zero-order valence-electron chi connectivity index (χ0n) is 8.28. The first-order valence-electron chi connectivity index (χ1n) is 5.33. The maximum Gasteiger partial charge on any atom is 0.154 e. The molecule has 14 heavy (non-hydrogen) atoms. The second-order valence-electron chi connectivity index (χ2n) is 4.43. The molecule has 0 aromatic heterocycles. The Kier molecular flexibility index (Phi) is 2.81. The second kappa shape index (κ2) is 3.79. The third-order valence-corrected chi connectivity index (χ3v) is 5.66. The molecule has 1 saturated carbocycles. The average molecular weight is 218 g/mol. The van der Waals surface area contributed by atoms with E-state index in [0.29, 0.717) is 11.7 Å². The number of hydrogen-bond donors (Lipinski definition) is 2. The molecular formula is C9H18N2O2S. The molecule has 2 rings (SSSR count). The van der Waals surface area contributed by atoms with Crippen molar-refractivity contribution in [3.05, 3.63) is 0 Å². The maximum atomic E-state index is 11.8. The fourth-order valence-electron chi connectivity index (χ4n) is 2.38. The molecule has 0 aromatic rings. The molecule has 4 nitrogen and oxygen atoms in total. The third kappa shape index (κ3) is 1.94. The van der Waals surface area contributed by atoms with Crippen molar-refractivity contribution in [3.63, 3.8) is 0 Å². The van der Waals surface area contributed by atoms with Gasteiger partial charge < -0.3 is 0 Å². The van der Waals surface area contributed by atoms with E-state index in [9.17, 15) is 8.42 Å². The maximum absolute atomic E-state index is 11.8. The normalized spacial score (nSPS) is 33.9. The van der Waals surface area contributed by atoms with Crippen LogP contribution in [-0.2, 0) is 9.84 Å². The van der Waals surface area contributed by atoms with Crippen LogP contribution in [0, 0.1) is 5.92 Å². The van der Waals surface area contributed by atoms with E-state index in [1.54, 1.807) is 0 Å². The predicted octanol–water partition coefficient (Wildman–Crippen LogP) is 0.196. The lowest BCUT2D eigenvalue weighted by Gasteiger charge is -2.29. The Morgan fingerprint density at radius 1 is 1.21 bits per heavy atom. The highest BCUT2D eigenvalue weighted by molar-refractivity contribution is 7.92. The van der Waals surface area contributed by atoms with Gasteiger partial charge in [0, 0.05) is 6.04 Å². The highest BCUT2D eigenvalue weighted by Gasteiger charge is 2.42. The number of rotatable bonds is 3. The van der Waals surface area contributed by atoms with Crippen LogP contribution in [0.3, 0.4) is 0 Å². The van der Waals surface area contributed by atoms with E-state index in [-0.39, 0.29) is 11.3 Å². The summed E-state index contributed by atoms with van der Waals surface area (Å²) in [5.74, 6) is 6.30. The molecule has 5 heteroatoms. The Labute approximate surface area is 85.1 Å². The van der Waals surface area contributed by atoms with Crippen molar-refractivity contribution in [2.45, 2.75) is 43.4 Å². The van der Waals surface area contributed by atoms with E-state index in [1.165, 1.54) is 0 Å². The van der Waals surface area contributed by atoms with Crippen molar-refractivity contribution in [1.82, 2.24) is 5.43 Å². The molecule has 2 aliphatic rings. The van der Waals surface area contributed by atoms with Crippen molar-refractivity contribution < 1.29 is 8.42 Å². The van der Waals surface area contributed by atoms with E-state index >= 15 is 0 Å². The van der Waals surface area contributed by atoms with Gasteiger partial charge in [0.15, 0.2) is 9.84 Å². The van der Waals surface area contributed by atoms with Crippen LogP contribution in [0.2, 0.25) is 0 Å². The van der Waals surface area contributed by atoms with E-state index < -0.39 is 9.84 Å². The molecule has 0 aromatic carbocycles. The molecule has 1 aliphatic carbocycles. The van der Waals surface area contributed by atoms with Gasteiger partial charge in [-0.15, -0.1) is 0 Å². The van der Waals surface area contributed by atoms with Crippen LogP contribution in [0.5, 0.6) is 0 Å². The summed E-state index contributed by atoms with van der Waals surface area (Å²) in [7, 11) is -2.88. The molecule has 1 saturated heterocycles. The van der Waals surface area contributed by atoms with Crippen LogP contribution in [0.4, 0.5) is 0 Å². The molecular weight excluding hydrogens is 200 g/mol. The third-order valence-electron chi connectivity index (χ3n) is 3.35. The number of nitrogens with one attached hydrogen (secondary N) is 1. The molecule has 3 N–H and O–H groups in total. The summed E-state index contributed by atoms with van der Waals surface area (Å²) in [6.45, 7) is 0. The first kappa shape index (κ1) is 10.4. The lowest BCUT2D eigenvalue weighted by atomic mass is 10.0. The summed E-state index contributed by atoms with van der Waals surface area (Å²) in [4.78, 5) is 0. The Morgan fingerprint density at radius 2 is 1.93 bits per heavy atom. The van der Waals surface area contributed by atoms with Gasteiger partial charge in [0.05, 0.1) is 11.0 Å². The minimum atomic E-state index is -2.88. The second-order valence-corrected chi connectivity index (χ2v) is 6.77. The summed E-state index contributed by atoms with van der Waals surface area (Å²) in [6.07, 6.45) is 4.88. The summed E-state index contributed by atoms with van der Waals surface area (Å²) in [6, 6.07) is 0.000278. The Bertz CT molecular complexity index is 298. The predicted molar refractivity (Wildman–Crippen MR) is 55.3 cm³/mol. The number of nitrogens with two attached hydrogens (primary N) is 1. The van der Waals surface area contributed by atoms with Crippen LogP contribution >= 0.6 is 0 Å². The minimum absolute atomic E-state index is 0.000278. The van der Waals surface area contributed by atoms with Crippen LogP contribution in [0.25, 0.3) is 0 Å². The quantitative estimate of drug-likeness (QED) is 0.524. The lowest BCUT2D eigenvalue weighted by molar-refractivity contribution is 0.409. The van der Waals surface area contributed by atoms with Crippen molar-refractivity contribution >= 4 is 9.84 Å². The zero-order chi connectivity index (χ0) is 10.2. The number of hydrazine groups is 1. The molecule has 0 bridgehead atoms. The van der Waals surface area contributed by atoms with Crippen LogP contribution in [0.1, 0.15) is 32.1 Å². The summed E-state index contributed by atoms with van der Waals surface area (Å²) in [5, 5.41) is -0.228. The summed E-state index contributed by atoms with van der Waals surface area (Å²) in [5.41, 5.74) is 2.71. The highest BCUT2D eigenvalue weighted by atomic mass is 32.2. The average Bonchev–Trinajstić information content (AvgIpc) is 2.92. The number of sulfone groups is 1. The first-order chi connectivity index (χ1) is 6.65. The van der Waals surface area contributed by atoms with E-state index in [1.807, 2.05) is 0 Å². The first-order valence-corrected chi connectivity index (χ1v) is 7.04. The van der Waals surface area contributed by atoms with E-state index in [2.05, 4.69) is 5.43 Å². The lowest BCUT2D eigenvalue weighted by Crippen LogP contribution is -2.50. The highest BCUT2D eigenvalue weighted by Crippen LogP contribution is 2.37. The van der Waals surface area contributed by atoms with Gasteiger partial charge in [-0.05, 0) is 31.6 Å². The molecule has 2 fully saturated rings. The Hall–Kier alpha value is -0.130. The molecule has 0 spiro atoms. The van der Waals surface area contributed by atoms with Crippen LogP contribution in [-0.4, -0.2) is 25.5 Å². The molecule has 2 atom stereocenters. The smallest absolute Gasteiger partial charge is 0.154 e. The zero-order valence-corrected chi connectivity index (χ0v) is 9.09. The van der Waals surface area contributed by atoms with Gasteiger partial charge in [0.25, 0.3) is 0 Å². The van der Waals surface area contributed by atoms with Crippen LogP contribution in [0.15, 0.2) is 0 Å². The SMILES string of the molecule is NNC(C1CC1)C1CCCCS1(=O)=O. The summed E-state index contributed by atoms with van der Waals surface area (Å²) < 4.78 is 23.6. The van der Waals surface area contributed by atoms with Crippen molar-refractivity contribution in [3.8, 4) is 0 Å². The van der Waals surface area contributed by atoms with Gasteiger partial charge in [0.2, 0.25) is 0 Å². The largest absolute Gasteiger partial charge is 0.271 e. The van der Waals surface area contributed by atoms with Gasteiger partial charge in [-0.2, -0.15) is 0 Å². The number of hydrogen-bond acceptors (Lipinski definition) is 4. The van der Waals surface area contributed by atoms with E-state index in [4.69, 9.17) is 5.84 Å². The Balaban J connectivity index is 2.13. The molecule has 82 valence electrons. The van der Waals surface area contributed by atoms with Crippen molar-refractivity contribution in [2.24, 2.45) is 11.8 Å². The van der Waals surface area contributed by atoms with Crippen molar-refractivity contribution in [2.75, 3.05) is 5.75 Å². The molecule has 0 radical (unpaired) electrons. The molecule has 1 heterocycles. The van der Waals surface area contributed by atoms with Crippen LogP contribution < -0.4 is 11.3 Å². The summed E-state index contributed by atoms with van der Waals surface area (Å²) >= 11 is 0. The Morgan fingerprint density at radius 3 is 2.43 bits per heavy atom.